The van der Waals surface area contributed by atoms with Gasteiger partial charge in [-0.15, -0.1) is 0 Å². The Kier molecular flexibility index (Phi) is 6.38. The van der Waals surface area contributed by atoms with Crippen LogP contribution in [0.3, 0.4) is 0 Å². The molecule has 0 aromatic carbocycles. The monoisotopic (exact) mass is 326 g/mol. The minimum Gasteiger partial charge on any atom is -0.381 e. The fraction of sp³-hybridized carbons (Fsp3) is 0.875. The molecule has 2 aliphatic rings. The predicted molar refractivity (Wildman–Crippen MR) is 87.8 cm³/mol. The van der Waals surface area contributed by atoms with Gasteiger partial charge in [0.15, 0.2) is 0 Å². The number of rotatable bonds is 5. The summed E-state index contributed by atoms with van der Waals surface area (Å²) in [5.74, 6) is 0.206. The molecular formula is C16H30N4O3. The molecule has 3 N–H and O–H groups in total. The number of piperazine rings is 1. The molecule has 0 saturated carbocycles. The molecule has 2 rings (SSSR count). The van der Waals surface area contributed by atoms with Gasteiger partial charge in [-0.25, -0.2) is 0 Å². The quantitative estimate of drug-likeness (QED) is 0.705. The van der Waals surface area contributed by atoms with Crippen LogP contribution in [0, 0.1) is 5.41 Å². The van der Waals surface area contributed by atoms with Crippen molar-refractivity contribution in [3.8, 4) is 0 Å². The van der Waals surface area contributed by atoms with Crippen molar-refractivity contribution in [1.82, 2.24) is 15.1 Å². The van der Waals surface area contributed by atoms with Gasteiger partial charge in [-0.3, -0.25) is 14.5 Å². The lowest BCUT2D eigenvalue weighted by Gasteiger charge is -2.42. The second-order valence-electron chi connectivity index (χ2n) is 6.89. The summed E-state index contributed by atoms with van der Waals surface area (Å²) in [7, 11) is 0. The molecule has 0 aliphatic carbocycles. The number of nitrogens with one attached hydrogen (secondary N) is 1. The molecule has 0 unspecified atom stereocenters. The van der Waals surface area contributed by atoms with Crippen molar-refractivity contribution in [1.29, 1.82) is 0 Å². The van der Waals surface area contributed by atoms with Crippen molar-refractivity contribution in [2.24, 2.45) is 11.1 Å². The van der Waals surface area contributed by atoms with Crippen molar-refractivity contribution >= 4 is 11.8 Å². The van der Waals surface area contributed by atoms with Gasteiger partial charge in [0.05, 0.1) is 12.0 Å². The van der Waals surface area contributed by atoms with Gasteiger partial charge in [0.1, 0.15) is 0 Å². The van der Waals surface area contributed by atoms with Crippen LogP contribution >= 0.6 is 0 Å². The lowest BCUT2D eigenvalue weighted by Crippen LogP contribution is -2.57. The van der Waals surface area contributed by atoms with E-state index in [0.717, 1.165) is 13.1 Å². The summed E-state index contributed by atoms with van der Waals surface area (Å²) in [5, 5.41) is 2.90. The van der Waals surface area contributed by atoms with E-state index in [4.69, 9.17) is 10.5 Å². The number of nitrogens with zero attached hydrogens (tertiary/aromatic N) is 2. The van der Waals surface area contributed by atoms with E-state index in [1.54, 1.807) is 0 Å². The van der Waals surface area contributed by atoms with Gasteiger partial charge in [0, 0.05) is 52.0 Å². The lowest BCUT2D eigenvalue weighted by molar-refractivity contribution is -0.149. The third-order valence-corrected chi connectivity index (χ3v) is 4.77. The van der Waals surface area contributed by atoms with Crippen LogP contribution in [0.25, 0.3) is 0 Å². The Labute approximate surface area is 138 Å². The minimum absolute atomic E-state index is 0.0441. The van der Waals surface area contributed by atoms with Crippen LogP contribution in [0.2, 0.25) is 0 Å². The SMILES string of the molecule is CC(C)NC(=O)CN1CCN(C(=O)C2(CN)CCOCC2)CC1. The molecule has 2 aliphatic heterocycles. The summed E-state index contributed by atoms with van der Waals surface area (Å²) in [4.78, 5) is 28.7. The molecule has 7 nitrogen and oxygen atoms in total. The Bertz CT molecular complexity index is 414. The Balaban J connectivity index is 1.83. The molecule has 0 radical (unpaired) electrons. The summed E-state index contributed by atoms with van der Waals surface area (Å²) in [6.45, 7) is 8.69. The van der Waals surface area contributed by atoms with Gasteiger partial charge in [0.25, 0.3) is 0 Å². The van der Waals surface area contributed by atoms with Gasteiger partial charge in [-0.2, -0.15) is 0 Å². The molecule has 2 fully saturated rings. The highest BCUT2D eigenvalue weighted by Crippen LogP contribution is 2.32. The molecular weight excluding hydrogens is 296 g/mol. The van der Waals surface area contributed by atoms with Crippen LogP contribution in [0.5, 0.6) is 0 Å². The van der Waals surface area contributed by atoms with Crippen LogP contribution in [-0.4, -0.2) is 80.1 Å². The summed E-state index contributed by atoms with van der Waals surface area (Å²) in [5.41, 5.74) is 5.47. The number of amides is 2. The number of hydrogen-bond acceptors (Lipinski definition) is 5. The van der Waals surface area contributed by atoms with Crippen LogP contribution < -0.4 is 11.1 Å². The van der Waals surface area contributed by atoms with E-state index in [2.05, 4.69) is 10.2 Å². The summed E-state index contributed by atoms with van der Waals surface area (Å²) < 4.78 is 5.38. The Morgan fingerprint density at radius 3 is 2.30 bits per heavy atom. The average molecular weight is 326 g/mol. The summed E-state index contributed by atoms with van der Waals surface area (Å²) in [6, 6.07) is 0.156. The first-order valence-corrected chi connectivity index (χ1v) is 8.56. The van der Waals surface area contributed by atoms with Gasteiger partial charge >= 0.3 is 0 Å². The van der Waals surface area contributed by atoms with Crippen molar-refractivity contribution in [2.75, 3.05) is 52.5 Å². The van der Waals surface area contributed by atoms with Gasteiger partial charge in [-0.1, -0.05) is 0 Å². The van der Waals surface area contributed by atoms with E-state index in [9.17, 15) is 9.59 Å². The Hall–Kier alpha value is -1.18. The minimum atomic E-state index is -0.449. The zero-order valence-electron chi connectivity index (χ0n) is 14.3. The number of ether oxygens (including phenoxy) is 1. The van der Waals surface area contributed by atoms with E-state index in [-0.39, 0.29) is 17.9 Å². The molecule has 0 spiro atoms. The molecule has 2 amide bonds. The molecule has 0 bridgehead atoms. The molecule has 2 heterocycles. The van der Waals surface area contributed by atoms with E-state index in [1.165, 1.54) is 0 Å². The lowest BCUT2D eigenvalue weighted by atomic mass is 9.78. The number of carbonyl (C=O) groups is 2. The Morgan fingerprint density at radius 2 is 1.78 bits per heavy atom. The van der Waals surface area contributed by atoms with Crippen LogP contribution in [-0.2, 0) is 14.3 Å². The van der Waals surface area contributed by atoms with Gasteiger partial charge in [-0.05, 0) is 26.7 Å². The van der Waals surface area contributed by atoms with Crippen molar-refractivity contribution in [3.05, 3.63) is 0 Å². The van der Waals surface area contributed by atoms with Crippen LogP contribution in [0.1, 0.15) is 26.7 Å². The zero-order valence-corrected chi connectivity index (χ0v) is 14.3. The molecule has 0 atom stereocenters. The maximum Gasteiger partial charge on any atom is 0.234 e. The average Bonchev–Trinajstić information content (AvgIpc) is 2.54. The summed E-state index contributed by atoms with van der Waals surface area (Å²) >= 11 is 0. The molecule has 0 aromatic heterocycles. The van der Waals surface area contributed by atoms with Gasteiger partial charge in [0.2, 0.25) is 11.8 Å². The molecule has 0 aromatic rings. The third-order valence-electron chi connectivity index (χ3n) is 4.77. The van der Waals surface area contributed by atoms with Crippen molar-refractivity contribution in [2.45, 2.75) is 32.7 Å². The van der Waals surface area contributed by atoms with E-state index >= 15 is 0 Å². The highest BCUT2D eigenvalue weighted by atomic mass is 16.5. The highest BCUT2D eigenvalue weighted by molar-refractivity contribution is 5.83. The van der Waals surface area contributed by atoms with E-state index in [0.29, 0.717) is 52.2 Å². The normalized spacial score (nSPS) is 22.2. The smallest absolute Gasteiger partial charge is 0.234 e. The van der Waals surface area contributed by atoms with Crippen LogP contribution in [0.15, 0.2) is 0 Å². The Morgan fingerprint density at radius 1 is 1.17 bits per heavy atom. The molecule has 132 valence electrons. The maximum atomic E-state index is 12.9. The summed E-state index contributed by atoms with van der Waals surface area (Å²) in [6.07, 6.45) is 1.42. The molecule has 23 heavy (non-hydrogen) atoms. The largest absolute Gasteiger partial charge is 0.381 e. The first-order chi connectivity index (χ1) is 11.0. The fourth-order valence-corrected chi connectivity index (χ4v) is 3.28. The van der Waals surface area contributed by atoms with Crippen molar-refractivity contribution < 1.29 is 14.3 Å². The fourth-order valence-electron chi connectivity index (χ4n) is 3.28. The van der Waals surface area contributed by atoms with Gasteiger partial charge < -0.3 is 20.7 Å². The first-order valence-electron chi connectivity index (χ1n) is 8.56. The van der Waals surface area contributed by atoms with E-state index in [1.807, 2.05) is 18.7 Å². The number of nitrogens with two attached hydrogens (primary N) is 1. The van der Waals surface area contributed by atoms with Crippen LogP contribution in [0.4, 0.5) is 0 Å². The number of carbonyl (C=O) groups excluding carboxylic acids is 2. The third kappa shape index (κ3) is 4.65. The maximum absolute atomic E-state index is 12.9. The number of hydrogen-bond donors (Lipinski definition) is 2. The second kappa shape index (κ2) is 8.08. The molecule has 2 saturated heterocycles. The predicted octanol–water partition coefficient (Wildman–Crippen LogP) is -0.589. The topological polar surface area (TPSA) is 87.9 Å². The molecule has 7 heteroatoms. The highest BCUT2D eigenvalue weighted by Gasteiger charge is 2.42. The van der Waals surface area contributed by atoms with E-state index < -0.39 is 5.41 Å². The zero-order chi connectivity index (χ0) is 16.9. The van der Waals surface area contributed by atoms with Crippen molar-refractivity contribution in [3.63, 3.8) is 0 Å². The second-order valence-corrected chi connectivity index (χ2v) is 6.89. The first kappa shape index (κ1) is 18.2. The standard InChI is InChI=1S/C16H30N4O3/c1-13(2)18-14(21)11-19-5-7-20(8-6-19)15(22)16(12-17)3-9-23-10-4-16/h13H,3-12,17H2,1-2H3,(H,18,21).